The van der Waals surface area contributed by atoms with E-state index in [-0.39, 0.29) is 30.2 Å². The Balaban J connectivity index is 1.78. The van der Waals surface area contributed by atoms with Gasteiger partial charge in [0.15, 0.2) is 0 Å². The van der Waals surface area contributed by atoms with E-state index >= 15 is 0 Å². The molecule has 24 heavy (non-hydrogen) atoms. The van der Waals surface area contributed by atoms with Crippen molar-refractivity contribution in [3.8, 4) is 0 Å². The number of carbonyl (C=O) groups is 3. The Kier molecular flexibility index (Phi) is 3.98. The number of rotatable bonds is 4. The topological polar surface area (TPSA) is 66.5 Å². The number of hydrogen-bond acceptors (Lipinski definition) is 3. The molecule has 1 heterocycles. The molecule has 1 saturated carbocycles. The summed E-state index contributed by atoms with van der Waals surface area (Å²) in [5.74, 6) is -0.639. The molecule has 1 aliphatic carbocycles. The summed E-state index contributed by atoms with van der Waals surface area (Å²) in [6.07, 6.45) is 1.63. The quantitative estimate of drug-likeness (QED) is 0.860. The van der Waals surface area contributed by atoms with Gasteiger partial charge in [0.1, 0.15) is 6.04 Å². The van der Waals surface area contributed by atoms with Crippen LogP contribution in [0.2, 0.25) is 0 Å². The molecule has 5 nitrogen and oxygen atoms in total. The van der Waals surface area contributed by atoms with Crippen molar-refractivity contribution in [1.29, 1.82) is 0 Å². The van der Waals surface area contributed by atoms with Crippen LogP contribution in [-0.2, 0) is 19.8 Å². The van der Waals surface area contributed by atoms with Gasteiger partial charge in [0, 0.05) is 6.04 Å². The van der Waals surface area contributed by atoms with E-state index in [1.54, 1.807) is 13.8 Å². The molecule has 1 saturated heterocycles. The Hall–Kier alpha value is -2.17. The van der Waals surface area contributed by atoms with Gasteiger partial charge in [-0.3, -0.25) is 19.3 Å². The number of benzene rings is 1. The third-order valence-corrected chi connectivity index (χ3v) is 4.96. The summed E-state index contributed by atoms with van der Waals surface area (Å²) < 4.78 is 0. The van der Waals surface area contributed by atoms with Crippen LogP contribution in [0.15, 0.2) is 18.2 Å². The molecule has 1 aliphatic heterocycles. The second-order valence-electron chi connectivity index (χ2n) is 7.38. The van der Waals surface area contributed by atoms with E-state index in [0.717, 1.165) is 29.5 Å². The molecular formula is C19H24N2O3. The van der Waals surface area contributed by atoms with Gasteiger partial charge in [-0.25, -0.2) is 0 Å². The van der Waals surface area contributed by atoms with Crippen LogP contribution in [0, 0.1) is 13.8 Å². The van der Waals surface area contributed by atoms with Gasteiger partial charge in [0.2, 0.25) is 11.8 Å². The second kappa shape index (κ2) is 5.72. The van der Waals surface area contributed by atoms with Crippen molar-refractivity contribution < 1.29 is 14.4 Å². The SMILES string of the molecule is Cc1cc(C)cc(C2(C(=O)NC3CC(=O)N(C(C)C)C3=O)CC2)c1. The normalized spacial score (nSPS) is 22.2. The van der Waals surface area contributed by atoms with Gasteiger partial charge in [-0.2, -0.15) is 0 Å². The zero-order valence-corrected chi connectivity index (χ0v) is 14.7. The molecule has 0 bridgehead atoms. The van der Waals surface area contributed by atoms with E-state index in [4.69, 9.17) is 0 Å². The number of amides is 3. The highest BCUT2D eigenvalue weighted by molar-refractivity contribution is 6.08. The van der Waals surface area contributed by atoms with E-state index in [0.29, 0.717) is 0 Å². The van der Waals surface area contributed by atoms with Crippen molar-refractivity contribution in [3.05, 3.63) is 34.9 Å². The van der Waals surface area contributed by atoms with Gasteiger partial charge in [-0.05, 0) is 46.1 Å². The molecule has 2 aliphatic rings. The molecule has 1 aromatic carbocycles. The van der Waals surface area contributed by atoms with Gasteiger partial charge < -0.3 is 5.32 Å². The molecule has 5 heteroatoms. The first-order chi connectivity index (χ1) is 11.2. The summed E-state index contributed by atoms with van der Waals surface area (Å²) in [5.41, 5.74) is 2.73. The number of carbonyl (C=O) groups excluding carboxylic acids is 3. The standard InChI is InChI=1S/C19H24N2O3/c1-11(2)21-16(22)10-15(17(21)23)20-18(24)19(5-6-19)14-8-12(3)7-13(4)9-14/h7-9,11,15H,5-6,10H2,1-4H3,(H,20,24). The summed E-state index contributed by atoms with van der Waals surface area (Å²) in [5, 5.41) is 2.83. The van der Waals surface area contributed by atoms with Gasteiger partial charge in [0.05, 0.1) is 11.8 Å². The van der Waals surface area contributed by atoms with Crippen LogP contribution < -0.4 is 5.32 Å². The minimum Gasteiger partial charge on any atom is -0.343 e. The van der Waals surface area contributed by atoms with Crippen LogP contribution in [0.4, 0.5) is 0 Å². The summed E-state index contributed by atoms with van der Waals surface area (Å²) >= 11 is 0. The maximum Gasteiger partial charge on any atom is 0.252 e. The van der Waals surface area contributed by atoms with Crippen LogP contribution >= 0.6 is 0 Å². The third kappa shape index (κ3) is 2.72. The maximum atomic E-state index is 12.8. The minimum absolute atomic E-state index is 0.0612. The molecule has 0 aromatic heterocycles. The monoisotopic (exact) mass is 328 g/mol. The lowest BCUT2D eigenvalue weighted by Gasteiger charge is -2.21. The molecule has 2 fully saturated rings. The van der Waals surface area contributed by atoms with Crippen molar-refractivity contribution in [3.63, 3.8) is 0 Å². The number of hydrogen-bond donors (Lipinski definition) is 1. The highest BCUT2D eigenvalue weighted by Gasteiger charge is 2.53. The Morgan fingerprint density at radius 2 is 1.75 bits per heavy atom. The Labute approximate surface area is 142 Å². The lowest BCUT2D eigenvalue weighted by atomic mass is 9.91. The third-order valence-electron chi connectivity index (χ3n) is 4.96. The fourth-order valence-electron chi connectivity index (χ4n) is 3.63. The first kappa shape index (κ1) is 16.7. The molecule has 128 valence electrons. The smallest absolute Gasteiger partial charge is 0.252 e. The predicted molar refractivity (Wildman–Crippen MR) is 90.4 cm³/mol. The van der Waals surface area contributed by atoms with Crippen LogP contribution in [0.3, 0.4) is 0 Å². The molecular weight excluding hydrogens is 304 g/mol. The summed E-state index contributed by atoms with van der Waals surface area (Å²) in [7, 11) is 0. The average molecular weight is 328 g/mol. The van der Waals surface area contributed by atoms with Gasteiger partial charge >= 0.3 is 0 Å². The maximum absolute atomic E-state index is 12.8. The van der Waals surface area contributed by atoms with Crippen molar-refractivity contribution in [2.24, 2.45) is 0 Å². The highest BCUT2D eigenvalue weighted by Crippen LogP contribution is 2.49. The van der Waals surface area contributed by atoms with E-state index in [9.17, 15) is 14.4 Å². The fourth-order valence-corrected chi connectivity index (χ4v) is 3.63. The molecule has 1 aromatic rings. The van der Waals surface area contributed by atoms with E-state index in [1.165, 1.54) is 4.90 Å². The summed E-state index contributed by atoms with van der Waals surface area (Å²) in [6.45, 7) is 7.64. The van der Waals surface area contributed by atoms with E-state index < -0.39 is 11.5 Å². The van der Waals surface area contributed by atoms with Crippen molar-refractivity contribution in [2.75, 3.05) is 0 Å². The van der Waals surface area contributed by atoms with Crippen molar-refractivity contribution in [1.82, 2.24) is 10.2 Å². The average Bonchev–Trinajstić information content (AvgIpc) is 3.21. The number of nitrogens with one attached hydrogen (secondary N) is 1. The second-order valence-corrected chi connectivity index (χ2v) is 7.38. The zero-order chi connectivity index (χ0) is 17.6. The van der Waals surface area contributed by atoms with E-state index in [1.807, 2.05) is 26.0 Å². The minimum atomic E-state index is -0.726. The number of imide groups is 1. The number of nitrogens with zero attached hydrogens (tertiary/aromatic N) is 1. The Bertz CT molecular complexity index is 699. The largest absolute Gasteiger partial charge is 0.343 e. The van der Waals surface area contributed by atoms with Crippen molar-refractivity contribution in [2.45, 2.75) is 64.5 Å². The molecule has 3 rings (SSSR count). The zero-order valence-electron chi connectivity index (χ0n) is 14.7. The summed E-state index contributed by atoms with van der Waals surface area (Å²) in [4.78, 5) is 38.5. The van der Waals surface area contributed by atoms with Gasteiger partial charge in [0.25, 0.3) is 5.91 Å². The van der Waals surface area contributed by atoms with Gasteiger partial charge in [-0.1, -0.05) is 29.3 Å². The highest BCUT2D eigenvalue weighted by atomic mass is 16.2. The predicted octanol–water partition coefficient (Wildman–Crippen LogP) is 1.99. The molecule has 1 N–H and O–H groups in total. The van der Waals surface area contributed by atoms with Crippen LogP contribution in [0.25, 0.3) is 0 Å². The molecule has 3 amide bonds. The fraction of sp³-hybridized carbons (Fsp3) is 0.526. The lowest BCUT2D eigenvalue weighted by Crippen LogP contribution is -2.47. The Morgan fingerprint density at radius 3 is 2.21 bits per heavy atom. The molecule has 0 spiro atoms. The Morgan fingerprint density at radius 1 is 1.17 bits per heavy atom. The lowest BCUT2D eigenvalue weighted by molar-refractivity contribution is -0.141. The van der Waals surface area contributed by atoms with Crippen LogP contribution in [0.5, 0.6) is 0 Å². The van der Waals surface area contributed by atoms with Crippen LogP contribution in [-0.4, -0.2) is 34.7 Å². The first-order valence-corrected chi connectivity index (χ1v) is 8.50. The molecule has 1 unspecified atom stereocenters. The first-order valence-electron chi connectivity index (χ1n) is 8.50. The molecule has 0 radical (unpaired) electrons. The van der Waals surface area contributed by atoms with Crippen LogP contribution in [0.1, 0.15) is 49.8 Å². The summed E-state index contributed by atoms with van der Waals surface area (Å²) in [6, 6.07) is 5.26. The van der Waals surface area contributed by atoms with Gasteiger partial charge in [-0.15, -0.1) is 0 Å². The van der Waals surface area contributed by atoms with E-state index in [2.05, 4.69) is 11.4 Å². The molecule has 1 atom stereocenters. The van der Waals surface area contributed by atoms with Crippen molar-refractivity contribution >= 4 is 17.7 Å². The number of likely N-dealkylation sites (tertiary alicyclic amines) is 1. The number of aryl methyl sites for hydroxylation is 2.